The normalized spacial score (nSPS) is 21.9. The van der Waals surface area contributed by atoms with E-state index in [9.17, 15) is 8.78 Å². The van der Waals surface area contributed by atoms with Gasteiger partial charge in [0, 0.05) is 29.8 Å². The van der Waals surface area contributed by atoms with Crippen molar-refractivity contribution < 1.29 is 8.78 Å². The van der Waals surface area contributed by atoms with Crippen LogP contribution in [0.4, 0.5) is 8.78 Å². The minimum Gasteiger partial charge on any atom is -0.330 e. The SMILES string of the molecule is Cc1c(-c2ccc(F)c(F)c2)nc2n1CC(N)CC2C. The average molecular weight is 277 g/mol. The van der Waals surface area contributed by atoms with Crippen LogP contribution < -0.4 is 5.73 Å². The molecule has 0 radical (unpaired) electrons. The molecule has 1 aromatic heterocycles. The van der Waals surface area contributed by atoms with Crippen molar-refractivity contribution in [2.45, 2.75) is 38.8 Å². The second kappa shape index (κ2) is 4.66. The maximum absolute atomic E-state index is 13.4. The maximum atomic E-state index is 13.4. The predicted molar refractivity (Wildman–Crippen MR) is 73.3 cm³/mol. The minimum absolute atomic E-state index is 0.114. The summed E-state index contributed by atoms with van der Waals surface area (Å²) in [6.45, 7) is 4.76. The molecule has 0 spiro atoms. The third kappa shape index (κ3) is 2.02. The molecule has 5 heteroatoms. The van der Waals surface area contributed by atoms with Gasteiger partial charge in [-0.05, 0) is 31.5 Å². The number of imidazole rings is 1. The lowest BCUT2D eigenvalue weighted by Gasteiger charge is -2.26. The summed E-state index contributed by atoms with van der Waals surface area (Å²) < 4.78 is 28.5. The van der Waals surface area contributed by atoms with Gasteiger partial charge in [-0.15, -0.1) is 0 Å². The van der Waals surface area contributed by atoms with E-state index in [4.69, 9.17) is 5.73 Å². The number of aromatic nitrogens is 2. The second-order valence-electron chi connectivity index (χ2n) is 5.54. The zero-order valence-electron chi connectivity index (χ0n) is 11.5. The maximum Gasteiger partial charge on any atom is 0.159 e. The smallest absolute Gasteiger partial charge is 0.159 e. The highest BCUT2D eigenvalue weighted by Gasteiger charge is 2.27. The van der Waals surface area contributed by atoms with E-state index in [1.54, 1.807) is 6.07 Å². The third-order valence-electron chi connectivity index (χ3n) is 3.96. The molecule has 1 aliphatic heterocycles. The molecule has 0 fully saturated rings. The molecule has 0 saturated heterocycles. The van der Waals surface area contributed by atoms with Crippen molar-refractivity contribution in [1.82, 2.24) is 9.55 Å². The number of nitrogens with two attached hydrogens (primary N) is 1. The molecule has 20 heavy (non-hydrogen) atoms. The van der Waals surface area contributed by atoms with Crippen LogP contribution in [-0.2, 0) is 6.54 Å². The van der Waals surface area contributed by atoms with Gasteiger partial charge < -0.3 is 10.3 Å². The average Bonchev–Trinajstić information content (AvgIpc) is 2.71. The molecule has 1 aromatic carbocycles. The summed E-state index contributed by atoms with van der Waals surface area (Å²) >= 11 is 0. The Hall–Kier alpha value is -1.75. The topological polar surface area (TPSA) is 43.8 Å². The van der Waals surface area contributed by atoms with Crippen LogP contribution >= 0.6 is 0 Å². The summed E-state index contributed by atoms with van der Waals surface area (Å²) in [6, 6.07) is 4.01. The Labute approximate surface area is 116 Å². The van der Waals surface area contributed by atoms with Gasteiger partial charge in [0.05, 0.1) is 5.69 Å². The Kier molecular flexibility index (Phi) is 3.09. The van der Waals surface area contributed by atoms with Crippen molar-refractivity contribution in [3.05, 3.63) is 41.4 Å². The lowest BCUT2D eigenvalue weighted by atomic mass is 9.98. The molecule has 0 amide bonds. The van der Waals surface area contributed by atoms with Gasteiger partial charge in [-0.3, -0.25) is 0 Å². The highest BCUT2D eigenvalue weighted by Crippen LogP contribution is 2.32. The fourth-order valence-electron chi connectivity index (χ4n) is 2.95. The van der Waals surface area contributed by atoms with E-state index in [-0.39, 0.29) is 12.0 Å². The first-order valence-electron chi connectivity index (χ1n) is 6.75. The van der Waals surface area contributed by atoms with Gasteiger partial charge in [0.1, 0.15) is 5.82 Å². The van der Waals surface area contributed by atoms with Gasteiger partial charge in [0.25, 0.3) is 0 Å². The van der Waals surface area contributed by atoms with Crippen molar-refractivity contribution in [1.29, 1.82) is 0 Å². The van der Waals surface area contributed by atoms with Crippen molar-refractivity contribution in [3.63, 3.8) is 0 Å². The van der Waals surface area contributed by atoms with Gasteiger partial charge in [-0.25, -0.2) is 13.8 Å². The van der Waals surface area contributed by atoms with Crippen LogP contribution in [0, 0.1) is 18.6 Å². The molecule has 0 bridgehead atoms. The molecule has 2 unspecified atom stereocenters. The Bertz CT molecular complexity index is 663. The second-order valence-corrected chi connectivity index (χ2v) is 5.54. The summed E-state index contributed by atoms with van der Waals surface area (Å²) in [5, 5.41) is 0. The van der Waals surface area contributed by atoms with E-state index < -0.39 is 11.6 Å². The molecule has 2 aromatic rings. The number of fused-ring (bicyclic) bond motifs is 1. The Morgan fingerprint density at radius 2 is 2.05 bits per heavy atom. The molecular formula is C15H17F2N3. The molecule has 0 saturated carbocycles. The summed E-state index contributed by atoms with van der Waals surface area (Å²) in [6.07, 6.45) is 0.897. The van der Waals surface area contributed by atoms with E-state index in [0.29, 0.717) is 11.3 Å². The van der Waals surface area contributed by atoms with Crippen molar-refractivity contribution in [2.75, 3.05) is 0 Å². The molecular weight excluding hydrogens is 260 g/mol. The predicted octanol–water partition coefficient (Wildman–Crippen LogP) is 2.97. The molecule has 2 N–H and O–H groups in total. The van der Waals surface area contributed by atoms with Gasteiger partial charge in [0.2, 0.25) is 0 Å². The fourth-order valence-corrected chi connectivity index (χ4v) is 2.95. The molecule has 106 valence electrons. The lowest BCUT2D eigenvalue weighted by Crippen LogP contribution is -2.34. The Morgan fingerprint density at radius 1 is 1.30 bits per heavy atom. The minimum atomic E-state index is -0.849. The number of rotatable bonds is 1. The van der Waals surface area contributed by atoms with E-state index in [2.05, 4.69) is 16.5 Å². The summed E-state index contributed by atoms with van der Waals surface area (Å²) in [5.41, 5.74) is 8.30. The van der Waals surface area contributed by atoms with Crippen LogP contribution in [0.1, 0.15) is 30.8 Å². The summed E-state index contributed by atoms with van der Waals surface area (Å²) in [7, 11) is 0. The fraction of sp³-hybridized carbons (Fsp3) is 0.400. The monoisotopic (exact) mass is 277 g/mol. The summed E-state index contributed by atoms with van der Waals surface area (Å²) in [4.78, 5) is 4.63. The van der Waals surface area contributed by atoms with Crippen molar-refractivity contribution >= 4 is 0 Å². The van der Waals surface area contributed by atoms with Gasteiger partial charge in [-0.1, -0.05) is 6.92 Å². The van der Waals surface area contributed by atoms with E-state index >= 15 is 0 Å². The molecule has 3 rings (SSSR count). The first-order valence-corrected chi connectivity index (χ1v) is 6.75. The Morgan fingerprint density at radius 3 is 2.75 bits per heavy atom. The third-order valence-corrected chi connectivity index (χ3v) is 3.96. The number of halogens is 2. The highest BCUT2D eigenvalue weighted by molar-refractivity contribution is 5.62. The number of hydrogen-bond acceptors (Lipinski definition) is 2. The van der Waals surface area contributed by atoms with Gasteiger partial charge >= 0.3 is 0 Å². The molecule has 2 heterocycles. The summed E-state index contributed by atoms with van der Waals surface area (Å²) in [5.74, 6) is -0.441. The van der Waals surface area contributed by atoms with Crippen LogP contribution in [0.5, 0.6) is 0 Å². The van der Waals surface area contributed by atoms with E-state index in [1.807, 2.05) is 6.92 Å². The van der Waals surface area contributed by atoms with Crippen LogP contribution in [0.25, 0.3) is 11.3 Å². The van der Waals surface area contributed by atoms with Crippen molar-refractivity contribution in [2.24, 2.45) is 5.73 Å². The molecule has 3 nitrogen and oxygen atoms in total. The van der Waals surface area contributed by atoms with E-state index in [1.165, 1.54) is 6.07 Å². The zero-order chi connectivity index (χ0) is 14.4. The largest absolute Gasteiger partial charge is 0.330 e. The van der Waals surface area contributed by atoms with Gasteiger partial charge in [0.15, 0.2) is 11.6 Å². The van der Waals surface area contributed by atoms with Crippen LogP contribution in [0.15, 0.2) is 18.2 Å². The number of nitrogens with zero attached hydrogens (tertiary/aromatic N) is 2. The van der Waals surface area contributed by atoms with Crippen LogP contribution in [0.3, 0.4) is 0 Å². The van der Waals surface area contributed by atoms with Gasteiger partial charge in [-0.2, -0.15) is 0 Å². The molecule has 1 aliphatic rings. The molecule has 2 atom stereocenters. The highest BCUT2D eigenvalue weighted by atomic mass is 19.2. The molecule has 0 aliphatic carbocycles. The van der Waals surface area contributed by atoms with Crippen molar-refractivity contribution in [3.8, 4) is 11.3 Å². The lowest BCUT2D eigenvalue weighted by molar-refractivity contribution is 0.403. The quantitative estimate of drug-likeness (QED) is 0.871. The first kappa shape index (κ1) is 13.2. The van der Waals surface area contributed by atoms with Crippen LogP contribution in [0.2, 0.25) is 0 Å². The van der Waals surface area contributed by atoms with E-state index in [0.717, 1.165) is 30.6 Å². The Balaban J connectivity index is 2.11. The number of benzene rings is 1. The zero-order valence-corrected chi connectivity index (χ0v) is 11.5. The number of hydrogen-bond donors (Lipinski definition) is 1. The standard InChI is InChI=1S/C15H17F2N3/c1-8-5-11(18)7-20-9(2)14(19-15(8)20)10-3-4-12(16)13(17)6-10/h3-4,6,8,11H,5,7,18H2,1-2H3. The van der Waals surface area contributed by atoms with Crippen LogP contribution in [-0.4, -0.2) is 15.6 Å². The first-order chi connectivity index (χ1) is 9.47.